The van der Waals surface area contributed by atoms with Crippen LogP contribution in [0, 0.1) is 5.92 Å². The fourth-order valence-corrected chi connectivity index (χ4v) is 3.47. The molecule has 0 saturated carbocycles. The highest BCUT2D eigenvalue weighted by atomic mass is 35.5. The van der Waals surface area contributed by atoms with Crippen molar-refractivity contribution in [1.82, 2.24) is 9.80 Å². The highest BCUT2D eigenvalue weighted by molar-refractivity contribution is 6.30. The Bertz CT molecular complexity index is 834. The van der Waals surface area contributed by atoms with Crippen LogP contribution in [0.1, 0.15) is 36.2 Å². The maximum atomic E-state index is 12.9. The number of amides is 2. The first-order valence-electron chi connectivity index (χ1n) is 10.1. The fourth-order valence-electron chi connectivity index (χ4n) is 3.35. The summed E-state index contributed by atoms with van der Waals surface area (Å²) < 4.78 is 0. The molecule has 3 rings (SSSR count). The highest BCUT2D eigenvalue weighted by Gasteiger charge is 2.20. The zero-order valence-electron chi connectivity index (χ0n) is 17.0. The van der Waals surface area contributed by atoms with Gasteiger partial charge in [0.1, 0.15) is 0 Å². The number of carbonyl (C=O) groups is 2. The molecule has 2 aromatic rings. The van der Waals surface area contributed by atoms with Gasteiger partial charge in [-0.15, -0.1) is 0 Å². The summed E-state index contributed by atoms with van der Waals surface area (Å²) in [7, 11) is 0. The average molecular weight is 414 g/mol. The Morgan fingerprint density at radius 1 is 0.966 bits per heavy atom. The molecule has 6 heteroatoms. The largest absolute Gasteiger partial charge is 0.337 e. The van der Waals surface area contributed by atoms with Crippen LogP contribution >= 0.6 is 11.6 Å². The molecular weight excluding hydrogens is 386 g/mol. The van der Waals surface area contributed by atoms with Crippen molar-refractivity contribution in [3.63, 3.8) is 0 Å². The maximum Gasteiger partial charge on any atom is 0.253 e. The Balaban J connectivity index is 1.56. The summed E-state index contributed by atoms with van der Waals surface area (Å²) in [6, 6.07) is 15.1. The second-order valence-electron chi connectivity index (χ2n) is 7.77. The van der Waals surface area contributed by atoms with Crippen molar-refractivity contribution in [3.8, 4) is 0 Å². The molecule has 0 aliphatic carbocycles. The van der Waals surface area contributed by atoms with Crippen molar-refractivity contribution in [2.45, 2.75) is 26.8 Å². The van der Waals surface area contributed by atoms with E-state index in [1.807, 2.05) is 30.9 Å². The number of halogens is 1. The van der Waals surface area contributed by atoms with Crippen LogP contribution < -0.4 is 5.32 Å². The summed E-state index contributed by atoms with van der Waals surface area (Å²) >= 11 is 5.96. The van der Waals surface area contributed by atoms with E-state index in [4.69, 9.17) is 11.6 Å². The zero-order valence-corrected chi connectivity index (χ0v) is 17.8. The summed E-state index contributed by atoms with van der Waals surface area (Å²) in [6.07, 6.45) is 0.946. The first-order chi connectivity index (χ1) is 13.9. The molecule has 1 aliphatic heterocycles. The van der Waals surface area contributed by atoms with Crippen LogP contribution in [-0.4, -0.2) is 47.8 Å². The van der Waals surface area contributed by atoms with E-state index >= 15 is 0 Å². The van der Waals surface area contributed by atoms with Gasteiger partial charge in [0.2, 0.25) is 5.91 Å². The van der Waals surface area contributed by atoms with E-state index in [1.165, 1.54) is 5.56 Å². The van der Waals surface area contributed by atoms with E-state index in [0.29, 0.717) is 17.8 Å². The van der Waals surface area contributed by atoms with E-state index < -0.39 is 0 Å². The molecule has 0 unspecified atom stereocenters. The SMILES string of the molecule is CC(C)C(=O)Nc1ccc(C(=O)N2CCCN(Cc3ccc(Cl)cc3)CC2)cc1. The molecule has 2 aromatic carbocycles. The Hall–Kier alpha value is -2.37. The summed E-state index contributed by atoms with van der Waals surface area (Å²) in [5, 5.41) is 3.60. The summed E-state index contributed by atoms with van der Waals surface area (Å²) in [5.41, 5.74) is 2.59. The topological polar surface area (TPSA) is 52.7 Å². The smallest absolute Gasteiger partial charge is 0.253 e. The zero-order chi connectivity index (χ0) is 20.8. The molecule has 1 fully saturated rings. The monoisotopic (exact) mass is 413 g/mol. The predicted molar refractivity (Wildman–Crippen MR) is 117 cm³/mol. The van der Waals surface area contributed by atoms with E-state index in [9.17, 15) is 9.59 Å². The van der Waals surface area contributed by atoms with Crippen LogP contribution in [0.5, 0.6) is 0 Å². The third kappa shape index (κ3) is 6.05. The molecule has 0 atom stereocenters. The minimum Gasteiger partial charge on any atom is -0.337 e. The molecule has 29 heavy (non-hydrogen) atoms. The van der Waals surface area contributed by atoms with Crippen LogP contribution in [0.15, 0.2) is 48.5 Å². The van der Waals surface area contributed by atoms with E-state index in [0.717, 1.165) is 37.6 Å². The van der Waals surface area contributed by atoms with Crippen molar-refractivity contribution in [3.05, 3.63) is 64.7 Å². The predicted octanol–water partition coefficient (Wildman–Crippen LogP) is 4.28. The number of nitrogens with one attached hydrogen (secondary N) is 1. The number of carbonyl (C=O) groups excluding carboxylic acids is 2. The molecule has 5 nitrogen and oxygen atoms in total. The average Bonchev–Trinajstić information content (AvgIpc) is 2.95. The summed E-state index contributed by atoms with van der Waals surface area (Å²) in [5.74, 6) is -0.0679. The molecule has 0 radical (unpaired) electrons. The summed E-state index contributed by atoms with van der Waals surface area (Å²) in [6.45, 7) is 7.83. The summed E-state index contributed by atoms with van der Waals surface area (Å²) in [4.78, 5) is 29.0. The number of benzene rings is 2. The van der Waals surface area contributed by atoms with Gasteiger partial charge < -0.3 is 10.2 Å². The molecule has 2 amide bonds. The van der Waals surface area contributed by atoms with Gasteiger partial charge >= 0.3 is 0 Å². The van der Waals surface area contributed by atoms with E-state index in [2.05, 4.69) is 22.3 Å². The lowest BCUT2D eigenvalue weighted by molar-refractivity contribution is -0.118. The van der Waals surface area contributed by atoms with Crippen LogP contribution in [0.4, 0.5) is 5.69 Å². The van der Waals surface area contributed by atoms with Crippen molar-refractivity contribution < 1.29 is 9.59 Å². The number of anilines is 1. The fraction of sp³-hybridized carbons (Fsp3) is 0.391. The lowest BCUT2D eigenvalue weighted by Crippen LogP contribution is -2.35. The molecule has 0 spiro atoms. The van der Waals surface area contributed by atoms with Gasteiger partial charge in [0.25, 0.3) is 5.91 Å². The minimum absolute atomic E-state index is 0.0302. The van der Waals surface area contributed by atoms with Crippen molar-refractivity contribution in [2.75, 3.05) is 31.5 Å². The highest BCUT2D eigenvalue weighted by Crippen LogP contribution is 2.16. The first kappa shape index (κ1) is 21.3. The van der Waals surface area contributed by atoms with Gasteiger partial charge in [-0.2, -0.15) is 0 Å². The van der Waals surface area contributed by atoms with E-state index in [-0.39, 0.29) is 17.7 Å². The Morgan fingerprint density at radius 3 is 2.31 bits per heavy atom. The molecule has 1 saturated heterocycles. The number of nitrogens with zero attached hydrogens (tertiary/aromatic N) is 2. The second kappa shape index (κ2) is 9.90. The molecule has 0 aromatic heterocycles. The molecule has 0 bridgehead atoms. The molecule has 1 N–H and O–H groups in total. The van der Waals surface area contributed by atoms with Gasteiger partial charge in [-0.1, -0.05) is 37.6 Å². The Morgan fingerprint density at radius 2 is 1.66 bits per heavy atom. The minimum atomic E-state index is -0.0794. The van der Waals surface area contributed by atoms with Gasteiger partial charge in [0.15, 0.2) is 0 Å². The third-order valence-corrected chi connectivity index (χ3v) is 5.37. The van der Waals surface area contributed by atoms with Crippen molar-refractivity contribution in [2.24, 2.45) is 5.92 Å². The second-order valence-corrected chi connectivity index (χ2v) is 8.21. The molecular formula is C23H28ClN3O2. The standard InChI is InChI=1S/C23H28ClN3O2/c1-17(2)22(28)25-21-10-6-19(7-11-21)23(29)27-13-3-12-26(14-15-27)16-18-4-8-20(24)9-5-18/h4-11,17H,3,12-16H2,1-2H3,(H,25,28). The lowest BCUT2D eigenvalue weighted by atomic mass is 10.1. The van der Waals surface area contributed by atoms with E-state index in [1.54, 1.807) is 24.3 Å². The maximum absolute atomic E-state index is 12.9. The quantitative estimate of drug-likeness (QED) is 0.795. The van der Waals surface area contributed by atoms with Crippen LogP contribution in [0.2, 0.25) is 5.02 Å². The van der Waals surface area contributed by atoms with Crippen molar-refractivity contribution in [1.29, 1.82) is 0 Å². The normalized spacial score (nSPS) is 15.2. The van der Waals surface area contributed by atoms with Gasteiger partial charge in [0, 0.05) is 54.9 Å². The first-order valence-corrected chi connectivity index (χ1v) is 10.5. The van der Waals surface area contributed by atoms with Crippen molar-refractivity contribution >= 4 is 29.1 Å². The third-order valence-electron chi connectivity index (χ3n) is 5.12. The lowest BCUT2D eigenvalue weighted by Gasteiger charge is -2.22. The van der Waals surface area contributed by atoms with Crippen LogP contribution in [0.25, 0.3) is 0 Å². The van der Waals surface area contributed by atoms with Gasteiger partial charge in [0.05, 0.1) is 0 Å². The molecule has 1 heterocycles. The van der Waals surface area contributed by atoms with Gasteiger partial charge in [-0.25, -0.2) is 0 Å². The molecule has 1 aliphatic rings. The number of hydrogen-bond acceptors (Lipinski definition) is 3. The van der Waals surface area contributed by atoms with Gasteiger partial charge in [-0.3, -0.25) is 14.5 Å². The molecule has 154 valence electrons. The van der Waals surface area contributed by atoms with Crippen LogP contribution in [0.3, 0.4) is 0 Å². The Kier molecular flexibility index (Phi) is 7.29. The van der Waals surface area contributed by atoms with Gasteiger partial charge in [-0.05, 0) is 48.4 Å². The van der Waals surface area contributed by atoms with Crippen LogP contribution in [-0.2, 0) is 11.3 Å². The number of rotatable bonds is 5. The number of hydrogen-bond donors (Lipinski definition) is 1. The Labute approximate surface area is 177 Å².